The van der Waals surface area contributed by atoms with Gasteiger partial charge < -0.3 is 10.6 Å². The molecule has 102 valence electrons. The maximum Gasteiger partial charge on any atom is 0.123 e. The van der Waals surface area contributed by atoms with Crippen molar-refractivity contribution < 1.29 is 4.39 Å². The zero-order valence-electron chi connectivity index (χ0n) is 10.8. The van der Waals surface area contributed by atoms with E-state index in [0.29, 0.717) is 6.04 Å². The highest BCUT2D eigenvalue weighted by atomic mass is 35.5. The fraction of sp³-hybridized carbons (Fsp3) is 0.571. The number of halogens is 2. The Morgan fingerprint density at radius 2 is 2.28 bits per heavy atom. The van der Waals surface area contributed by atoms with Gasteiger partial charge in [0, 0.05) is 12.6 Å². The van der Waals surface area contributed by atoms with E-state index in [1.54, 1.807) is 12.1 Å². The van der Waals surface area contributed by atoms with Crippen LogP contribution in [0.25, 0.3) is 0 Å². The Morgan fingerprint density at radius 1 is 1.44 bits per heavy atom. The van der Waals surface area contributed by atoms with Crippen LogP contribution in [-0.4, -0.2) is 25.7 Å². The first-order valence-electron chi connectivity index (χ1n) is 6.45. The lowest BCUT2D eigenvalue weighted by atomic mass is 10.0. The molecular weight excluding hydrogens is 251 g/mol. The summed E-state index contributed by atoms with van der Waals surface area (Å²) < 4.78 is 12.9. The highest BCUT2D eigenvalue weighted by molar-refractivity contribution is 5.85. The first-order chi connectivity index (χ1) is 8.25. The molecule has 1 aliphatic heterocycles. The van der Waals surface area contributed by atoms with Crippen LogP contribution in [0.1, 0.15) is 24.0 Å². The summed E-state index contributed by atoms with van der Waals surface area (Å²) in [5.41, 5.74) is 2.29. The number of hydrogen-bond donors (Lipinski definition) is 2. The molecular formula is C14H22ClFN2. The number of rotatable bonds is 4. The van der Waals surface area contributed by atoms with E-state index in [0.717, 1.165) is 31.6 Å². The van der Waals surface area contributed by atoms with Crippen LogP contribution >= 0.6 is 12.4 Å². The van der Waals surface area contributed by atoms with Crippen molar-refractivity contribution in [1.82, 2.24) is 10.6 Å². The van der Waals surface area contributed by atoms with Crippen molar-refractivity contribution in [2.75, 3.05) is 19.6 Å². The van der Waals surface area contributed by atoms with Gasteiger partial charge in [-0.1, -0.05) is 6.07 Å². The van der Waals surface area contributed by atoms with Gasteiger partial charge in [-0.2, -0.15) is 0 Å². The molecule has 4 heteroatoms. The van der Waals surface area contributed by atoms with Gasteiger partial charge in [0.1, 0.15) is 5.82 Å². The van der Waals surface area contributed by atoms with Gasteiger partial charge in [0.25, 0.3) is 0 Å². The highest BCUT2D eigenvalue weighted by Gasteiger charge is 2.11. The average Bonchev–Trinajstić information content (AvgIpc) is 2.33. The fourth-order valence-electron chi connectivity index (χ4n) is 2.38. The van der Waals surface area contributed by atoms with Gasteiger partial charge in [-0.3, -0.25) is 0 Å². The number of piperidine rings is 1. The molecule has 1 aromatic carbocycles. The molecule has 0 aromatic heterocycles. The summed E-state index contributed by atoms with van der Waals surface area (Å²) in [6, 6.07) is 5.65. The van der Waals surface area contributed by atoms with Crippen LogP contribution in [0.2, 0.25) is 0 Å². The Labute approximate surface area is 115 Å². The largest absolute Gasteiger partial charge is 0.315 e. The third-order valence-corrected chi connectivity index (χ3v) is 3.43. The second kappa shape index (κ2) is 7.72. The third-order valence-electron chi connectivity index (χ3n) is 3.43. The van der Waals surface area contributed by atoms with Gasteiger partial charge >= 0.3 is 0 Å². The molecule has 0 aliphatic carbocycles. The molecule has 1 saturated heterocycles. The van der Waals surface area contributed by atoms with Crippen molar-refractivity contribution in [3.8, 4) is 0 Å². The zero-order chi connectivity index (χ0) is 12.1. The number of aryl methyl sites for hydroxylation is 1. The highest BCUT2D eigenvalue weighted by Crippen LogP contribution is 2.10. The maximum atomic E-state index is 12.9. The molecule has 1 unspecified atom stereocenters. The van der Waals surface area contributed by atoms with Crippen LogP contribution < -0.4 is 10.6 Å². The van der Waals surface area contributed by atoms with Crippen molar-refractivity contribution in [1.29, 1.82) is 0 Å². The lowest BCUT2D eigenvalue weighted by molar-refractivity contribution is 0.392. The van der Waals surface area contributed by atoms with E-state index >= 15 is 0 Å². The summed E-state index contributed by atoms with van der Waals surface area (Å²) >= 11 is 0. The minimum atomic E-state index is -0.143. The van der Waals surface area contributed by atoms with Gasteiger partial charge in [-0.05, 0) is 62.5 Å². The topological polar surface area (TPSA) is 24.1 Å². The lowest BCUT2D eigenvalue weighted by Gasteiger charge is -2.24. The van der Waals surface area contributed by atoms with E-state index in [2.05, 4.69) is 10.6 Å². The van der Waals surface area contributed by atoms with Crippen molar-refractivity contribution in [2.45, 2.75) is 32.2 Å². The molecule has 2 N–H and O–H groups in total. The van der Waals surface area contributed by atoms with Crippen molar-refractivity contribution in [3.05, 3.63) is 35.1 Å². The molecule has 0 bridgehead atoms. The second-order valence-electron chi connectivity index (χ2n) is 4.82. The smallest absolute Gasteiger partial charge is 0.123 e. The summed E-state index contributed by atoms with van der Waals surface area (Å²) in [6.45, 7) is 5.16. The molecule has 0 radical (unpaired) electrons. The Kier molecular flexibility index (Phi) is 6.61. The van der Waals surface area contributed by atoms with Crippen LogP contribution in [0, 0.1) is 12.7 Å². The molecule has 1 atom stereocenters. The molecule has 18 heavy (non-hydrogen) atoms. The predicted molar refractivity (Wildman–Crippen MR) is 76.0 cm³/mol. The van der Waals surface area contributed by atoms with Gasteiger partial charge in [-0.25, -0.2) is 4.39 Å². The van der Waals surface area contributed by atoms with E-state index in [-0.39, 0.29) is 18.2 Å². The maximum absolute atomic E-state index is 12.9. The van der Waals surface area contributed by atoms with Gasteiger partial charge in [0.2, 0.25) is 0 Å². The van der Waals surface area contributed by atoms with Crippen LogP contribution in [-0.2, 0) is 6.42 Å². The van der Waals surface area contributed by atoms with Crippen molar-refractivity contribution >= 4 is 12.4 Å². The number of hydrogen-bond acceptors (Lipinski definition) is 2. The normalized spacial score (nSPS) is 19.3. The first-order valence-corrected chi connectivity index (χ1v) is 6.45. The number of benzene rings is 1. The molecule has 0 amide bonds. The Bertz CT molecular complexity index is 365. The van der Waals surface area contributed by atoms with E-state index in [1.807, 2.05) is 13.0 Å². The lowest BCUT2D eigenvalue weighted by Crippen LogP contribution is -2.43. The van der Waals surface area contributed by atoms with Crippen LogP contribution in [0.3, 0.4) is 0 Å². The standard InChI is InChI=1S/C14H21FN2.ClH/c1-11-9-13(15)5-4-12(11)6-8-17-14-3-2-7-16-10-14;/h4-5,9,14,16-17H,2-3,6-8,10H2,1H3;1H. The molecule has 1 fully saturated rings. The minimum Gasteiger partial charge on any atom is -0.315 e. The first kappa shape index (κ1) is 15.4. The van der Waals surface area contributed by atoms with Crippen LogP contribution in [0.15, 0.2) is 18.2 Å². The Balaban J connectivity index is 0.00000162. The van der Waals surface area contributed by atoms with Crippen molar-refractivity contribution in [3.63, 3.8) is 0 Å². The van der Waals surface area contributed by atoms with Crippen LogP contribution in [0.5, 0.6) is 0 Å². The molecule has 1 aliphatic rings. The van der Waals surface area contributed by atoms with E-state index in [4.69, 9.17) is 0 Å². The average molecular weight is 273 g/mol. The number of nitrogens with one attached hydrogen (secondary N) is 2. The van der Waals surface area contributed by atoms with Crippen LogP contribution in [0.4, 0.5) is 4.39 Å². The summed E-state index contributed by atoms with van der Waals surface area (Å²) in [4.78, 5) is 0. The van der Waals surface area contributed by atoms with Gasteiger partial charge in [0.05, 0.1) is 0 Å². The SMILES string of the molecule is Cc1cc(F)ccc1CCNC1CCCNC1.Cl. The second-order valence-corrected chi connectivity index (χ2v) is 4.82. The quantitative estimate of drug-likeness (QED) is 0.880. The molecule has 1 heterocycles. The molecule has 0 saturated carbocycles. The molecule has 2 rings (SSSR count). The third kappa shape index (κ3) is 4.56. The van der Waals surface area contributed by atoms with E-state index in [9.17, 15) is 4.39 Å². The monoisotopic (exact) mass is 272 g/mol. The fourth-order valence-corrected chi connectivity index (χ4v) is 2.38. The summed E-state index contributed by atoms with van der Waals surface area (Å²) in [6.07, 6.45) is 3.49. The molecule has 0 spiro atoms. The van der Waals surface area contributed by atoms with E-state index in [1.165, 1.54) is 18.4 Å². The summed E-state index contributed by atoms with van der Waals surface area (Å²) in [7, 11) is 0. The van der Waals surface area contributed by atoms with Crippen molar-refractivity contribution in [2.24, 2.45) is 0 Å². The Morgan fingerprint density at radius 3 is 2.94 bits per heavy atom. The van der Waals surface area contributed by atoms with Gasteiger partial charge in [0.15, 0.2) is 0 Å². The van der Waals surface area contributed by atoms with Gasteiger partial charge in [-0.15, -0.1) is 12.4 Å². The minimum absolute atomic E-state index is 0. The summed E-state index contributed by atoms with van der Waals surface area (Å²) in [5, 5.41) is 6.95. The zero-order valence-corrected chi connectivity index (χ0v) is 11.7. The summed E-state index contributed by atoms with van der Waals surface area (Å²) in [5.74, 6) is -0.143. The Hall–Kier alpha value is -0.640. The predicted octanol–water partition coefficient (Wildman–Crippen LogP) is 2.44. The molecule has 1 aromatic rings. The van der Waals surface area contributed by atoms with E-state index < -0.39 is 0 Å². The molecule has 2 nitrogen and oxygen atoms in total.